The summed E-state index contributed by atoms with van der Waals surface area (Å²) in [6.07, 6.45) is 11.7. The molecule has 2 saturated carbocycles. The number of ether oxygens (including phenoxy) is 2. The van der Waals surface area contributed by atoms with E-state index in [4.69, 9.17) is 19.7 Å². The Labute approximate surface area is 356 Å². The van der Waals surface area contributed by atoms with Crippen LogP contribution in [0.15, 0.2) is 72.8 Å². The van der Waals surface area contributed by atoms with Gasteiger partial charge in [-0.05, 0) is 73.9 Å². The van der Waals surface area contributed by atoms with Crippen LogP contribution < -0.4 is 20.1 Å². The molecule has 2 aliphatic rings. The lowest BCUT2D eigenvalue weighted by molar-refractivity contribution is -0.138. The van der Waals surface area contributed by atoms with Gasteiger partial charge in [-0.25, -0.2) is 4.79 Å². The number of aromatic carboxylic acids is 1. The highest BCUT2D eigenvalue weighted by molar-refractivity contribution is 7.21. The van der Waals surface area contributed by atoms with Crippen molar-refractivity contribution >= 4 is 78.2 Å². The van der Waals surface area contributed by atoms with Gasteiger partial charge in [0.1, 0.15) is 16.4 Å². The summed E-state index contributed by atoms with van der Waals surface area (Å²) in [5.74, 6) is -1.14. The first kappa shape index (κ1) is 44.0. The van der Waals surface area contributed by atoms with E-state index in [-0.39, 0.29) is 55.0 Å². The van der Waals surface area contributed by atoms with E-state index in [0.29, 0.717) is 51.7 Å². The van der Waals surface area contributed by atoms with E-state index >= 15 is 0 Å². The SMILES string of the molecule is O=C(O)CCC(=O)COc1c(C(=O)NCC2CCCCC2)sc2ccccc12.O=C(O)c1ccc(C(=O)COc2c(C(=O)NCC3CCCCC3)sc3ccccc23)cc1. The van der Waals surface area contributed by atoms with Crippen molar-refractivity contribution in [2.75, 3.05) is 26.3 Å². The predicted molar refractivity (Wildman–Crippen MR) is 232 cm³/mol. The maximum Gasteiger partial charge on any atom is 0.335 e. The predicted octanol–water partition coefficient (Wildman–Crippen LogP) is 9.20. The largest absolute Gasteiger partial charge is 0.483 e. The van der Waals surface area contributed by atoms with Gasteiger partial charge >= 0.3 is 11.9 Å². The maximum atomic E-state index is 13.0. The molecule has 2 fully saturated rings. The lowest BCUT2D eigenvalue weighted by Gasteiger charge is -2.21. The van der Waals surface area contributed by atoms with E-state index in [9.17, 15) is 28.8 Å². The minimum Gasteiger partial charge on any atom is -0.483 e. The zero-order chi connectivity index (χ0) is 42.4. The lowest BCUT2D eigenvalue weighted by atomic mass is 9.89. The van der Waals surface area contributed by atoms with Crippen molar-refractivity contribution in [2.24, 2.45) is 11.8 Å². The molecule has 0 atom stereocenters. The van der Waals surface area contributed by atoms with Crippen molar-refractivity contribution in [3.63, 3.8) is 0 Å². The zero-order valence-corrected chi connectivity index (χ0v) is 35.0. The van der Waals surface area contributed by atoms with Crippen molar-refractivity contribution in [3.05, 3.63) is 93.7 Å². The van der Waals surface area contributed by atoms with Crippen LogP contribution in [-0.2, 0) is 9.59 Å². The van der Waals surface area contributed by atoms with Crippen LogP contribution in [0.4, 0.5) is 0 Å². The molecule has 14 heteroatoms. The summed E-state index contributed by atoms with van der Waals surface area (Å²) in [4.78, 5) is 72.8. The Kier molecular flexibility index (Phi) is 15.8. The molecule has 0 aliphatic heterocycles. The topological polar surface area (TPSA) is 185 Å². The van der Waals surface area contributed by atoms with Crippen LogP contribution in [0.3, 0.4) is 0 Å². The molecule has 2 heterocycles. The van der Waals surface area contributed by atoms with Crippen LogP contribution in [0.1, 0.15) is 117 Å². The van der Waals surface area contributed by atoms with Crippen molar-refractivity contribution in [3.8, 4) is 11.5 Å². The van der Waals surface area contributed by atoms with Crippen molar-refractivity contribution in [2.45, 2.75) is 77.0 Å². The number of rotatable bonds is 17. The minimum absolute atomic E-state index is 0.0827. The number of nitrogens with one attached hydrogen (secondary N) is 2. The molecule has 0 saturated heterocycles. The van der Waals surface area contributed by atoms with Crippen LogP contribution >= 0.6 is 22.7 Å². The number of hydrogen-bond acceptors (Lipinski definition) is 10. The van der Waals surface area contributed by atoms with Crippen LogP contribution in [0.5, 0.6) is 11.5 Å². The summed E-state index contributed by atoms with van der Waals surface area (Å²) in [6, 6.07) is 20.8. The average molecular weight is 855 g/mol. The Morgan fingerprint density at radius 3 is 1.48 bits per heavy atom. The highest BCUT2D eigenvalue weighted by atomic mass is 32.1. The fourth-order valence-corrected chi connectivity index (χ4v) is 9.66. The number of hydrogen-bond donors (Lipinski definition) is 4. The Balaban J connectivity index is 0.000000203. The summed E-state index contributed by atoms with van der Waals surface area (Å²) >= 11 is 2.70. The van der Waals surface area contributed by atoms with Gasteiger partial charge in [0.05, 0.1) is 12.0 Å². The van der Waals surface area contributed by atoms with Gasteiger partial charge in [-0.3, -0.25) is 24.0 Å². The molecular formula is C46H50N2O10S2. The molecule has 2 aromatic heterocycles. The Bertz CT molecular complexity index is 2300. The molecule has 0 bridgehead atoms. The molecule has 0 spiro atoms. The van der Waals surface area contributed by atoms with Gasteiger partial charge < -0.3 is 30.3 Å². The summed E-state index contributed by atoms with van der Waals surface area (Å²) in [6.45, 7) is 0.832. The summed E-state index contributed by atoms with van der Waals surface area (Å²) < 4.78 is 13.4. The number of amides is 2. The maximum absolute atomic E-state index is 13.0. The standard InChI is InChI=1S/C25H25NO5S.C21H25NO5S/c27-20(17-10-12-18(13-11-17)25(29)30)15-31-22-19-8-4-5-9-21(19)32-23(22)24(28)26-14-16-6-2-1-3-7-16;23-15(10-11-18(24)25)13-27-19-16-8-4-5-9-17(16)28-20(19)21(26)22-12-14-6-2-1-3-7-14/h4-5,8-13,16H,1-3,6-7,14-15H2,(H,26,28)(H,29,30);4-5,8-9,14H,1-3,6-7,10-13H2,(H,22,26)(H,24,25). The van der Waals surface area contributed by atoms with Gasteiger partial charge in [0.2, 0.25) is 0 Å². The highest BCUT2D eigenvalue weighted by Crippen LogP contribution is 2.39. The van der Waals surface area contributed by atoms with E-state index in [1.165, 1.54) is 85.5 Å². The summed E-state index contributed by atoms with van der Waals surface area (Å²) in [7, 11) is 0. The fraction of sp³-hybridized carbons (Fsp3) is 0.391. The third kappa shape index (κ3) is 12.0. The third-order valence-electron chi connectivity index (χ3n) is 10.9. The number of carboxylic acids is 2. The third-order valence-corrected chi connectivity index (χ3v) is 13.2. The quantitative estimate of drug-likeness (QED) is 0.0658. The van der Waals surface area contributed by atoms with Crippen LogP contribution in [0.25, 0.3) is 20.2 Å². The number of aliphatic carboxylic acids is 1. The number of ketones is 2. The highest BCUT2D eigenvalue weighted by Gasteiger charge is 2.24. The number of thiophene rings is 2. The molecule has 7 rings (SSSR count). The van der Waals surface area contributed by atoms with Gasteiger partial charge in [0.25, 0.3) is 11.8 Å². The van der Waals surface area contributed by atoms with E-state index < -0.39 is 11.9 Å². The first-order valence-electron chi connectivity index (χ1n) is 20.5. The van der Waals surface area contributed by atoms with E-state index in [1.54, 1.807) is 0 Å². The van der Waals surface area contributed by atoms with Gasteiger partial charge in [-0.2, -0.15) is 0 Å². The second-order valence-electron chi connectivity index (χ2n) is 15.3. The molecule has 0 radical (unpaired) electrons. The van der Waals surface area contributed by atoms with Crippen molar-refractivity contribution < 1.29 is 48.5 Å². The van der Waals surface area contributed by atoms with Crippen LogP contribution in [-0.4, -0.2) is 71.8 Å². The molecular weight excluding hydrogens is 805 g/mol. The number of benzene rings is 3. The van der Waals surface area contributed by atoms with Gasteiger partial charge in [0.15, 0.2) is 29.7 Å². The van der Waals surface area contributed by atoms with Gasteiger partial charge in [0, 0.05) is 45.2 Å². The number of Topliss-reactive ketones (excluding diaryl/α,β-unsaturated/α-hetero) is 2. The second-order valence-corrected chi connectivity index (χ2v) is 17.4. The molecule has 316 valence electrons. The smallest absolute Gasteiger partial charge is 0.335 e. The van der Waals surface area contributed by atoms with E-state index in [1.807, 2.05) is 48.5 Å². The Morgan fingerprint density at radius 2 is 1.02 bits per heavy atom. The van der Waals surface area contributed by atoms with Crippen LogP contribution in [0, 0.1) is 11.8 Å². The minimum atomic E-state index is -1.05. The van der Waals surface area contributed by atoms with Gasteiger partial charge in [-0.15, -0.1) is 22.7 Å². The van der Waals surface area contributed by atoms with E-state index in [2.05, 4.69) is 10.6 Å². The summed E-state index contributed by atoms with van der Waals surface area (Å²) in [5, 5.41) is 25.4. The van der Waals surface area contributed by atoms with E-state index in [0.717, 1.165) is 45.9 Å². The van der Waals surface area contributed by atoms with Crippen LogP contribution in [0.2, 0.25) is 0 Å². The first-order chi connectivity index (χ1) is 29.1. The van der Waals surface area contributed by atoms with Gasteiger partial charge in [-0.1, -0.05) is 74.9 Å². The zero-order valence-electron chi connectivity index (χ0n) is 33.4. The number of carboxylic acid groups (broad SMARTS) is 2. The molecule has 2 aliphatic carbocycles. The first-order valence-corrected chi connectivity index (χ1v) is 22.2. The molecule has 60 heavy (non-hydrogen) atoms. The molecule has 5 aromatic rings. The fourth-order valence-electron chi connectivity index (χ4n) is 7.54. The second kappa shape index (κ2) is 21.6. The number of carbonyl (C=O) groups excluding carboxylic acids is 4. The number of carbonyl (C=O) groups is 6. The monoisotopic (exact) mass is 854 g/mol. The Morgan fingerprint density at radius 1 is 0.567 bits per heavy atom. The molecule has 3 aromatic carbocycles. The number of fused-ring (bicyclic) bond motifs is 2. The Hall–Kier alpha value is -5.60. The lowest BCUT2D eigenvalue weighted by Crippen LogP contribution is -2.30. The average Bonchev–Trinajstić information content (AvgIpc) is 3.84. The molecule has 0 unspecified atom stereocenters. The molecule has 4 N–H and O–H groups in total. The van der Waals surface area contributed by atoms with Crippen molar-refractivity contribution in [1.82, 2.24) is 10.6 Å². The summed E-state index contributed by atoms with van der Waals surface area (Å²) in [5.41, 5.74) is 0.473. The normalized spacial score (nSPS) is 14.5. The molecule has 12 nitrogen and oxygen atoms in total. The van der Waals surface area contributed by atoms with Crippen molar-refractivity contribution in [1.29, 1.82) is 0 Å². The molecule has 2 amide bonds.